The fourth-order valence-electron chi connectivity index (χ4n) is 3.69. The van der Waals surface area contributed by atoms with Gasteiger partial charge in [-0.2, -0.15) is 0 Å². The first kappa shape index (κ1) is 17.7. The van der Waals surface area contributed by atoms with Crippen LogP contribution in [-0.4, -0.2) is 55.1 Å². The van der Waals surface area contributed by atoms with Crippen LogP contribution in [0.5, 0.6) is 0 Å². The van der Waals surface area contributed by atoms with Crippen LogP contribution in [0, 0.1) is 11.8 Å². The molecule has 6 heteroatoms. The Morgan fingerprint density at radius 1 is 1.42 bits per heavy atom. The van der Waals surface area contributed by atoms with E-state index in [1.165, 1.54) is 17.7 Å². The monoisotopic (exact) mass is 350 g/mol. The molecule has 0 aliphatic carbocycles. The number of nitrogens with zero attached hydrogens (tertiary/aromatic N) is 3. The summed E-state index contributed by atoms with van der Waals surface area (Å²) in [5.41, 5.74) is 0. The van der Waals surface area contributed by atoms with Crippen molar-refractivity contribution in [2.24, 2.45) is 11.8 Å². The molecule has 2 unspecified atom stereocenters. The molecule has 0 spiro atoms. The second kappa shape index (κ2) is 8.30. The summed E-state index contributed by atoms with van der Waals surface area (Å²) in [6.07, 6.45) is 6.24. The summed E-state index contributed by atoms with van der Waals surface area (Å²) in [7, 11) is 0. The molecule has 1 aromatic rings. The van der Waals surface area contributed by atoms with E-state index in [0.717, 1.165) is 50.8 Å². The van der Waals surface area contributed by atoms with Gasteiger partial charge >= 0.3 is 0 Å². The highest BCUT2D eigenvalue weighted by Gasteiger charge is 2.27. The molecule has 0 radical (unpaired) electrons. The number of hydrogen-bond acceptors (Lipinski definition) is 5. The highest BCUT2D eigenvalue weighted by atomic mass is 32.1. The van der Waals surface area contributed by atoms with E-state index < -0.39 is 0 Å². The minimum atomic E-state index is 0.334. The summed E-state index contributed by atoms with van der Waals surface area (Å²) in [5, 5.41) is 4.57. The van der Waals surface area contributed by atoms with Crippen LogP contribution in [0.25, 0.3) is 0 Å². The fourth-order valence-corrected chi connectivity index (χ4v) is 4.59. The van der Waals surface area contributed by atoms with Gasteiger partial charge in [-0.1, -0.05) is 13.8 Å². The molecule has 1 aromatic heterocycles. The summed E-state index contributed by atoms with van der Waals surface area (Å²) in [6, 6.07) is 0. The van der Waals surface area contributed by atoms with Gasteiger partial charge in [-0.3, -0.25) is 4.79 Å². The lowest BCUT2D eigenvalue weighted by Gasteiger charge is -2.36. The van der Waals surface area contributed by atoms with Crippen molar-refractivity contribution in [1.82, 2.24) is 15.2 Å². The molecule has 1 N–H and O–H groups in total. The van der Waals surface area contributed by atoms with Crippen molar-refractivity contribution < 1.29 is 4.79 Å². The molecule has 0 bridgehead atoms. The highest BCUT2D eigenvalue weighted by molar-refractivity contribution is 7.15. The Balaban J connectivity index is 1.46. The van der Waals surface area contributed by atoms with Crippen LogP contribution >= 0.6 is 11.3 Å². The molecule has 24 heavy (non-hydrogen) atoms. The van der Waals surface area contributed by atoms with Crippen molar-refractivity contribution in [3.8, 4) is 0 Å². The van der Waals surface area contributed by atoms with Crippen LogP contribution in [0.1, 0.15) is 38.0 Å². The topological polar surface area (TPSA) is 48.5 Å². The lowest BCUT2D eigenvalue weighted by Crippen LogP contribution is -2.49. The van der Waals surface area contributed by atoms with E-state index in [2.05, 4.69) is 33.9 Å². The fraction of sp³-hybridized carbons (Fsp3) is 0.778. The Bertz CT molecular complexity index is 533. The van der Waals surface area contributed by atoms with Gasteiger partial charge in [0.05, 0.1) is 0 Å². The number of anilines is 1. The van der Waals surface area contributed by atoms with Crippen molar-refractivity contribution in [3.63, 3.8) is 0 Å². The van der Waals surface area contributed by atoms with E-state index in [-0.39, 0.29) is 0 Å². The second-order valence-corrected chi connectivity index (χ2v) is 8.21. The predicted octanol–water partition coefficient (Wildman–Crippen LogP) is 2.38. The van der Waals surface area contributed by atoms with Crippen LogP contribution in [-0.2, 0) is 11.2 Å². The summed E-state index contributed by atoms with van der Waals surface area (Å²) in [5.74, 6) is 1.47. The zero-order valence-electron chi connectivity index (χ0n) is 15.0. The minimum Gasteiger partial charge on any atom is -0.345 e. The SMILES string of the molecule is CCc1cnc(N2CCN(C(=O)CC(C)C3CCCNC3)CC2)s1. The summed E-state index contributed by atoms with van der Waals surface area (Å²) in [4.78, 5) is 22.8. The van der Waals surface area contributed by atoms with Crippen LogP contribution in [0.4, 0.5) is 5.13 Å². The number of hydrogen-bond donors (Lipinski definition) is 1. The van der Waals surface area contributed by atoms with E-state index in [4.69, 9.17) is 0 Å². The van der Waals surface area contributed by atoms with Gasteiger partial charge < -0.3 is 15.1 Å². The maximum atomic E-state index is 12.6. The smallest absolute Gasteiger partial charge is 0.222 e. The summed E-state index contributed by atoms with van der Waals surface area (Å²) >= 11 is 1.78. The van der Waals surface area contributed by atoms with Gasteiger partial charge in [0.1, 0.15) is 0 Å². The Hall–Kier alpha value is -1.14. The van der Waals surface area contributed by atoms with Crippen LogP contribution in [0.15, 0.2) is 6.20 Å². The van der Waals surface area contributed by atoms with Crippen LogP contribution in [0.2, 0.25) is 0 Å². The third-order valence-corrected chi connectivity index (χ3v) is 6.63. The number of amides is 1. The normalized spacial score (nSPS) is 23.3. The number of thiazole rings is 1. The van der Waals surface area contributed by atoms with Crippen molar-refractivity contribution >= 4 is 22.4 Å². The number of carbonyl (C=O) groups excluding carboxylic acids is 1. The Labute approximate surface area is 149 Å². The molecular weight excluding hydrogens is 320 g/mol. The number of piperazine rings is 1. The van der Waals surface area contributed by atoms with Gasteiger partial charge in [0, 0.05) is 43.7 Å². The molecule has 2 saturated heterocycles. The first-order valence-electron chi connectivity index (χ1n) is 9.35. The quantitative estimate of drug-likeness (QED) is 0.886. The molecule has 2 aliphatic heterocycles. The summed E-state index contributed by atoms with van der Waals surface area (Å²) < 4.78 is 0. The zero-order valence-corrected chi connectivity index (χ0v) is 15.8. The van der Waals surface area contributed by atoms with Gasteiger partial charge in [-0.25, -0.2) is 4.98 Å². The van der Waals surface area contributed by atoms with Gasteiger partial charge in [0.2, 0.25) is 5.91 Å². The molecule has 0 aromatic carbocycles. The molecule has 2 aliphatic rings. The first-order valence-corrected chi connectivity index (χ1v) is 10.2. The zero-order chi connectivity index (χ0) is 16.9. The van der Waals surface area contributed by atoms with E-state index in [1.807, 2.05) is 6.20 Å². The molecular formula is C18H30N4OS. The van der Waals surface area contributed by atoms with Crippen LogP contribution in [0.3, 0.4) is 0 Å². The number of piperidine rings is 1. The molecule has 1 amide bonds. The number of carbonyl (C=O) groups is 1. The lowest BCUT2D eigenvalue weighted by molar-refractivity contribution is -0.132. The van der Waals surface area contributed by atoms with Crippen molar-refractivity contribution in [2.75, 3.05) is 44.2 Å². The first-order chi connectivity index (χ1) is 11.7. The Morgan fingerprint density at radius 3 is 2.83 bits per heavy atom. The average molecular weight is 351 g/mol. The second-order valence-electron chi connectivity index (χ2n) is 7.12. The molecule has 2 atom stereocenters. The lowest BCUT2D eigenvalue weighted by atomic mass is 9.85. The maximum absolute atomic E-state index is 12.6. The number of nitrogens with one attached hydrogen (secondary N) is 1. The predicted molar refractivity (Wildman–Crippen MR) is 99.7 cm³/mol. The maximum Gasteiger partial charge on any atom is 0.222 e. The molecule has 3 rings (SSSR count). The Kier molecular flexibility index (Phi) is 6.11. The third kappa shape index (κ3) is 4.28. The Morgan fingerprint density at radius 2 is 2.21 bits per heavy atom. The van der Waals surface area contributed by atoms with Gasteiger partial charge in [-0.05, 0) is 44.2 Å². The van der Waals surface area contributed by atoms with E-state index in [0.29, 0.717) is 24.2 Å². The van der Waals surface area contributed by atoms with Crippen molar-refractivity contribution in [2.45, 2.75) is 39.5 Å². The standard InChI is InChI=1S/C18H30N4OS/c1-3-16-13-20-18(24-16)22-9-7-21(8-10-22)17(23)11-14(2)15-5-4-6-19-12-15/h13-15,19H,3-12H2,1-2H3. The third-order valence-electron chi connectivity index (χ3n) is 5.43. The minimum absolute atomic E-state index is 0.334. The highest BCUT2D eigenvalue weighted by Crippen LogP contribution is 2.26. The van der Waals surface area contributed by atoms with Crippen molar-refractivity contribution in [1.29, 1.82) is 0 Å². The van der Waals surface area contributed by atoms with E-state index in [9.17, 15) is 4.79 Å². The summed E-state index contributed by atoms with van der Waals surface area (Å²) in [6.45, 7) is 10.1. The van der Waals surface area contributed by atoms with Gasteiger partial charge in [0.25, 0.3) is 0 Å². The molecule has 2 fully saturated rings. The number of aromatic nitrogens is 1. The number of aryl methyl sites for hydroxylation is 1. The molecule has 0 saturated carbocycles. The molecule has 5 nitrogen and oxygen atoms in total. The van der Waals surface area contributed by atoms with E-state index in [1.54, 1.807) is 11.3 Å². The van der Waals surface area contributed by atoms with Gasteiger partial charge in [-0.15, -0.1) is 11.3 Å². The van der Waals surface area contributed by atoms with Crippen LogP contribution < -0.4 is 10.2 Å². The van der Waals surface area contributed by atoms with Gasteiger partial charge in [0.15, 0.2) is 5.13 Å². The van der Waals surface area contributed by atoms with Crippen molar-refractivity contribution in [3.05, 3.63) is 11.1 Å². The van der Waals surface area contributed by atoms with E-state index >= 15 is 0 Å². The largest absolute Gasteiger partial charge is 0.345 e. The number of rotatable bonds is 5. The molecule has 134 valence electrons. The molecule has 3 heterocycles. The average Bonchev–Trinajstić information content (AvgIpc) is 3.11.